The van der Waals surface area contributed by atoms with Gasteiger partial charge in [0, 0.05) is 36.3 Å². The van der Waals surface area contributed by atoms with Crippen LogP contribution in [0.3, 0.4) is 0 Å². The van der Waals surface area contributed by atoms with Crippen molar-refractivity contribution >= 4 is 48.7 Å². The van der Waals surface area contributed by atoms with Crippen LogP contribution in [-0.2, 0) is 10.0 Å². The number of rotatable bonds is 7. The fourth-order valence-corrected chi connectivity index (χ4v) is 5.63. The number of nitrogens with one attached hydrogen (secondary N) is 3. The lowest BCUT2D eigenvalue weighted by Crippen LogP contribution is -2.28. The first-order chi connectivity index (χ1) is 16.4. The van der Waals surface area contributed by atoms with E-state index in [1.165, 1.54) is 11.3 Å². The summed E-state index contributed by atoms with van der Waals surface area (Å²) in [7, 11) is -3.43. The van der Waals surface area contributed by atoms with Crippen LogP contribution >= 0.6 is 11.3 Å². The molecule has 3 N–H and O–H groups in total. The number of benzene rings is 1. The van der Waals surface area contributed by atoms with Crippen molar-refractivity contribution in [3.05, 3.63) is 48.9 Å². The molecular weight excluding hydrogens is 474 g/mol. The first kappa shape index (κ1) is 22.2. The molecule has 4 aromatic rings. The Bertz CT molecular complexity index is 1450. The van der Waals surface area contributed by atoms with Crippen LogP contribution in [0, 0.1) is 0 Å². The van der Waals surface area contributed by atoms with Crippen LogP contribution in [0.1, 0.15) is 19.8 Å². The minimum absolute atomic E-state index is 0.0451. The summed E-state index contributed by atoms with van der Waals surface area (Å²) in [4.78, 5) is 29.4. The maximum atomic E-state index is 12.1. The smallest absolute Gasteiger partial charge is 0.321 e. The maximum absolute atomic E-state index is 12.1. The molecule has 0 spiro atoms. The van der Waals surface area contributed by atoms with E-state index in [0.717, 1.165) is 21.5 Å². The van der Waals surface area contributed by atoms with Crippen LogP contribution in [0.4, 0.5) is 15.9 Å². The van der Waals surface area contributed by atoms with E-state index < -0.39 is 10.0 Å². The van der Waals surface area contributed by atoms with E-state index in [9.17, 15) is 13.2 Å². The summed E-state index contributed by atoms with van der Waals surface area (Å²) in [5, 5.41) is 5.57. The van der Waals surface area contributed by atoms with Gasteiger partial charge in [0.25, 0.3) is 0 Å². The van der Waals surface area contributed by atoms with Gasteiger partial charge in [-0.05, 0) is 49.6 Å². The third-order valence-corrected chi connectivity index (χ3v) is 8.01. The maximum Gasteiger partial charge on any atom is 0.321 e. The summed E-state index contributed by atoms with van der Waals surface area (Å²) < 4.78 is 27.6. The van der Waals surface area contributed by atoms with Gasteiger partial charge < -0.3 is 5.32 Å². The number of aromatic nitrogens is 4. The molecule has 3 aromatic heterocycles. The van der Waals surface area contributed by atoms with E-state index in [2.05, 4.69) is 35.3 Å². The molecule has 34 heavy (non-hydrogen) atoms. The molecule has 1 aliphatic rings. The molecule has 2 amide bonds. The zero-order valence-corrected chi connectivity index (χ0v) is 19.8. The number of thiazole rings is 1. The zero-order chi connectivity index (χ0) is 23.7. The fraction of sp³-hybridized carbons (Fsp3) is 0.227. The van der Waals surface area contributed by atoms with Gasteiger partial charge in [0.2, 0.25) is 16.0 Å². The van der Waals surface area contributed by atoms with Crippen molar-refractivity contribution in [2.24, 2.45) is 0 Å². The predicted octanol–water partition coefficient (Wildman–Crippen LogP) is 3.86. The highest BCUT2D eigenvalue weighted by Gasteiger charge is 2.36. The molecule has 0 aliphatic heterocycles. The molecule has 1 saturated carbocycles. The second-order valence-electron chi connectivity index (χ2n) is 7.73. The van der Waals surface area contributed by atoms with Crippen molar-refractivity contribution in [2.75, 3.05) is 16.6 Å². The quantitative estimate of drug-likeness (QED) is 0.354. The zero-order valence-electron chi connectivity index (χ0n) is 18.1. The van der Waals surface area contributed by atoms with Gasteiger partial charge in [0.15, 0.2) is 5.13 Å². The van der Waals surface area contributed by atoms with Crippen LogP contribution in [0.15, 0.2) is 48.9 Å². The average Bonchev–Trinajstić information content (AvgIpc) is 3.61. The predicted molar refractivity (Wildman–Crippen MR) is 132 cm³/mol. The van der Waals surface area contributed by atoms with Crippen molar-refractivity contribution < 1.29 is 13.2 Å². The summed E-state index contributed by atoms with van der Waals surface area (Å²) in [6.07, 6.45) is 6.18. The highest BCUT2D eigenvalue weighted by atomic mass is 32.2. The summed E-state index contributed by atoms with van der Waals surface area (Å²) in [6, 6.07) is 9.17. The molecule has 1 fully saturated rings. The van der Waals surface area contributed by atoms with Crippen LogP contribution in [0.25, 0.3) is 32.6 Å². The first-order valence-electron chi connectivity index (χ1n) is 10.7. The van der Waals surface area contributed by atoms with E-state index in [4.69, 9.17) is 0 Å². The Balaban J connectivity index is 1.52. The van der Waals surface area contributed by atoms with Crippen LogP contribution in [0.5, 0.6) is 0 Å². The lowest BCUT2D eigenvalue weighted by molar-refractivity contribution is 0.252. The fourth-order valence-electron chi connectivity index (χ4n) is 3.39. The van der Waals surface area contributed by atoms with Gasteiger partial charge in [0.05, 0.1) is 21.2 Å². The number of hydrogen-bond acceptors (Lipinski definition) is 8. The van der Waals surface area contributed by atoms with Gasteiger partial charge in [-0.3, -0.25) is 15.0 Å². The molecule has 1 aromatic carbocycles. The van der Waals surface area contributed by atoms with Gasteiger partial charge in [-0.25, -0.2) is 28.2 Å². The topological polar surface area (TPSA) is 139 Å². The second kappa shape index (κ2) is 8.95. The standard InChI is InChI=1S/C22H21N7O3S2/c1-2-23-21(30)28-22-27-18-10-13(9-16(19(18)33-22)17-5-3-4-8-24-17)14-11-25-20(26-12-14)29-34(31,32)15-6-7-15/h3-5,8-12,15H,2,6-7H2,1H3,(H,25,26,29)(H2,23,27,28,30). The number of anilines is 2. The van der Waals surface area contributed by atoms with Gasteiger partial charge in [-0.15, -0.1) is 0 Å². The SMILES string of the molecule is CCNC(=O)Nc1nc2cc(-c3cnc(NS(=O)(=O)C4CC4)nc3)cc(-c3ccccn3)c2s1. The summed E-state index contributed by atoms with van der Waals surface area (Å²) in [6.45, 7) is 2.35. The Morgan fingerprint density at radius 2 is 1.91 bits per heavy atom. The number of fused-ring (bicyclic) bond motifs is 1. The number of sulfonamides is 1. The largest absolute Gasteiger partial charge is 0.338 e. The number of carbonyl (C=O) groups is 1. The van der Waals surface area contributed by atoms with Crippen molar-refractivity contribution in [3.8, 4) is 22.4 Å². The molecule has 12 heteroatoms. The molecule has 174 valence electrons. The van der Waals surface area contributed by atoms with Crippen LogP contribution in [-0.4, -0.2) is 46.2 Å². The lowest BCUT2D eigenvalue weighted by atomic mass is 10.0. The minimum atomic E-state index is -3.43. The van der Waals surface area contributed by atoms with Gasteiger partial charge in [-0.2, -0.15) is 0 Å². The third kappa shape index (κ3) is 4.68. The first-order valence-corrected chi connectivity index (χ1v) is 13.0. The number of carbonyl (C=O) groups excluding carboxylic acids is 1. The Kier molecular flexibility index (Phi) is 5.84. The molecule has 1 aliphatic carbocycles. The number of hydrogen-bond donors (Lipinski definition) is 3. The monoisotopic (exact) mass is 495 g/mol. The Morgan fingerprint density at radius 3 is 2.59 bits per heavy atom. The minimum Gasteiger partial charge on any atom is -0.338 e. The van der Waals surface area contributed by atoms with E-state index in [1.54, 1.807) is 18.6 Å². The van der Waals surface area contributed by atoms with Crippen LogP contribution < -0.4 is 15.4 Å². The molecule has 0 unspecified atom stereocenters. The van der Waals surface area contributed by atoms with E-state index in [1.807, 2.05) is 37.3 Å². The van der Waals surface area contributed by atoms with Gasteiger partial charge >= 0.3 is 6.03 Å². The van der Waals surface area contributed by atoms with Gasteiger partial charge in [0.1, 0.15) is 0 Å². The molecule has 0 bridgehead atoms. The Labute approximate surface area is 200 Å². The van der Waals surface area contributed by atoms with Crippen molar-refractivity contribution in [2.45, 2.75) is 25.0 Å². The van der Waals surface area contributed by atoms with Crippen LogP contribution in [0.2, 0.25) is 0 Å². The molecular formula is C22H21N7O3S2. The summed E-state index contributed by atoms with van der Waals surface area (Å²) in [5.74, 6) is 0.0451. The van der Waals surface area contributed by atoms with Gasteiger partial charge in [-0.1, -0.05) is 17.4 Å². The number of amides is 2. The summed E-state index contributed by atoms with van der Waals surface area (Å²) >= 11 is 1.36. The second-order valence-corrected chi connectivity index (χ2v) is 10.7. The average molecular weight is 496 g/mol. The number of nitrogens with zero attached hydrogens (tertiary/aromatic N) is 4. The third-order valence-electron chi connectivity index (χ3n) is 5.17. The lowest BCUT2D eigenvalue weighted by Gasteiger charge is -2.08. The number of urea groups is 1. The molecule has 10 nitrogen and oxygen atoms in total. The molecule has 3 heterocycles. The summed E-state index contributed by atoms with van der Waals surface area (Å²) in [5.41, 5.74) is 3.79. The van der Waals surface area contributed by atoms with E-state index >= 15 is 0 Å². The van der Waals surface area contributed by atoms with Crippen molar-refractivity contribution in [1.82, 2.24) is 25.3 Å². The Morgan fingerprint density at radius 1 is 1.12 bits per heavy atom. The highest BCUT2D eigenvalue weighted by Crippen LogP contribution is 2.38. The Hall–Kier alpha value is -3.64. The molecule has 0 radical (unpaired) electrons. The molecule has 5 rings (SSSR count). The molecule has 0 atom stereocenters. The van der Waals surface area contributed by atoms with Crippen molar-refractivity contribution in [1.29, 1.82) is 0 Å². The van der Waals surface area contributed by atoms with E-state index in [-0.39, 0.29) is 17.2 Å². The normalized spacial score (nSPS) is 13.6. The van der Waals surface area contributed by atoms with Crippen molar-refractivity contribution in [3.63, 3.8) is 0 Å². The highest BCUT2D eigenvalue weighted by molar-refractivity contribution is 7.93. The van der Waals surface area contributed by atoms with E-state index in [0.29, 0.717) is 35.6 Å². The number of pyridine rings is 1. The molecule has 0 saturated heterocycles.